The smallest absolute Gasteiger partial charge is 0.0753 e. The zero-order valence-electron chi connectivity index (χ0n) is 11.1. The Morgan fingerprint density at radius 3 is 2.59 bits per heavy atom. The van der Waals surface area contributed by atoms with Crippen molar-refractivity contribution in [3.63, 3.8) is 0 Å². The molecule has 2 atom stereocenters. The highest BCUT2D eigenvalue weighted by molar-refractivity contribution is 5.00. The fraction of sp³-hybridized carbons (Fsp3) is 0.692. The maximum atomic E-state index is 10.2. The minimum absolute atomic E-state index is 0.0994. The van der Waals surface area contributed by atoms with Crippen molar-refractivity contribution in [1.82, 2.24) is 15.3 Å². The van der Waals surface area contributed by atoms with Gasteiger partial charge >= 0.3 is 0 Å². The van der Waals surface area contributed by atoms with Crippen molar-refractivity contribution in [2.75, 3.05) is 6.54 Å². The fourth-order valence-corrected chi connectivity index (χ4v) is 1.96. The molecule has 1 rings (SSSR count). The highest BCUT2D eigenvalue weighted by atomic mass is 16.3. The van der Waals surface area contributed by atoms with Gasteiger partial charge in [0.05, 0.1) is 11.3 Å². The summed E-state index contributed by atoms with van der Waals surface area (Å²) in [6, 6.07) is 0.0994. The van der Waals surface area contributed by atoms with Crippen LogP contribution in [0.4, 0.5) is 0 Å². The largest absolute Gasteiger partial charge is 0.389 e. The predicted molar refractivity (Wildman–Crippen MR) is 68.5 cm³/mol. The van der Waals surface area contributed by atoms with Crippen LogP contribution in [0.3, 0.4) is 0 Å². The molecule has 0 fully saturated rings. The molecule has 0 radical (unpaired) electrons. The molecule has 17 heavy (non-hydrogen) atoms. The Kier molecular flexibility index (Phi) is 5.02. The molecule has 0 aliphatic carbocycles. The molecule has 0 saturated heterocycles. The zero-order valence-corrected chi connectivity index (χ0v) is 11.1. The summed E-state index contributed by atoms with van der Waals surface area (Å²) >= 11 is 0. The van der Waals surface area contributed by atoms with Crippen molar-refractivity contribution in [1.29, 1.82) is 0 Å². The summed E-state index contributed by atoms with van der Waals surface area (Å²) in [4.78, 5) is 8.27. The second-order valence-electron chi connectivity index (χ2n) is 5.33. The third kappa shape index (κ3) is 5.24. The van der Waals surface area contributed by atoms with Gasteiger partial charge in [0.25, 0.3) is 0 Å². The number of aliphatic hydroxyl groups is 1. The Labute approximate surface area is 103 Å². The predicted octanol–water partition coefficient (Wildman–Crippen LogP) is 1.92. The van der Waals surface area contributed by atoms with Crippen LogP contribution in [0.15, 0.2) is 18.6 Å². The van der Waals surface area contributed by atoms with E-state index in [1.54, 1.807) is 18.6 Å². The quantitative estimate of drug-likeness (QED) is 0.793. The first-order valence-corrected chi connectivity index (χ1v) is 6.12. The Morgan fingerprint density at radius 1 is 1.35 bits per heavy atom. The zero-order chi connectivity index (χ0) is 12.9. The lowest BCUT2D eigenvalue weighted by Gasteiger charge is -2.27. The molecular weight excluding hydrogens is 214 g/mol. The summed E-state index contributed by atoms with van der Waals surface area (Å²) in [7, 11) is 0. The number of rotatable bonds is 6. The van der Waals surface area contributed by atoms with Crippen LogP contribution in [0.1, 0.15) is 45.9 Å². The highest BCUT2D eigenvalue weighted by Gasteiger charge is 2.22. The SMILES string of the molecule is CC(C)CC(C)(O)CNC(C)c1cnccn1. The molecule has 0 aromatic carbocycles. The molecule has 1 heterocycles. The molecule has 4 nitrogen and oxygen atoms in total. The Balaban J connectivity index is 2.45. The highest BCUT2D eigenvalue weighted by Crippen LogP contribution is 2.16. The average Bonchev–Trinajstić information content (AvgIpc) is 2.25. The molecule has 4 heteroatoms. The van der Waals surface area contributed by atoms with Gasteiger partial charge in [-0.2, -0.15) is 0 Å². The minimum atomic E-state index is -0.676. The number of nitrogens with one attached hydrogen (secondary N) is 1. The van der Waals surface area contributed by atoms with Crippen LogP contribution in [0.5, 0.6) is 0 Å². The van der Waals surface area contributed by atoms with Gasteiger partial charge in [-0.1, -0.05) is 13.8 Å². The van der Waals surface area contributed by atoms with E-state index in [1.807, 2.05) is 13.8 Å². The second kappa shape index (κ2) is 6.07. The standard InChI is InChI=1S/C13H23N3O/c1-10(2)7-13(4,17)9-16-11(3)12-8-14-5-6-15-12/h5-6,8,10-11,16-17H,7,9H2,1-4H3. The van der Waals surface area contributed by atoms with Gasteiger partial charge in [0.1, 0.15) is 0 Å². The average molecular weight is 237 g/mol. The molecular formula is C13H23N3O. The molecule has 0 amide bonds. The van der Waals surface area contributed by atoms with Gasteiger partial charge < -0.3 is 10.4 Å². The fourth-order valence-electron chi connectivity index (χ4n) is 1.96. The van der Waals surface area contributed by atoms with E-state index in [2.05, 4.69) is 29.1 Å². The normalized spacial score (nSPS) is 16.8. The monoisotopic (exact) mass is 237 g/mol. The van der Waals surface area contributed by atoms with E-state index in [9.17, 15) is 5.11 Å². The number of nitrogens with zero attached hydrogens (tertiary/aromatic N) is 2. The molecule has 0 aliphatic rings. The molecule has 96 valence electrons. The summed E-state index contributed by atoms with van der Waals surface area (Å²) in [5.74, 6) is 0.485. The van der Waals surface area contributed by atoms with Gasteiger partial charge in [0.15, 0.2) is 0 Å². The maximum absolute atomic E-state index is 10.2. The molecule has 0 bridgehead atoms. The molecule has 0 aliphatic heterocycles. The van der Waals surface area contributed by atoms with Crippen molar-refractivity contribution in [3.05, 3.63) is 24.3 Å². The Hall–Kier alpha value is -1.00. The molecule has 1 aromatic rings. The van der Waals surface area contributed by atoms with E-state index in [-0.39, 0.29) is 6.04 Å². The maximum Gasteiger partial charge on any atom is 0.0753 e. The molecule has 1 aromatic heterocycles. The van der Waals surface area contributed by atoms with Crippen molar-refractivity contribution in [2.45, 2.75) is 45.8 Å². The Morgan fingerprint density at radius 2 is 2.06 bits per heavy atom. The lowest BCUT2D eigenvalue weighted by Crippen LogP contribution is -2.40. The van der Waals surface area contributed by atoms with Crippen LogP contribution in [0.25, 0.3) is 0 Å². The van der Waals surface area contributed by atoms with E-state index >= 15 is 0 Å². The first-order chi connectivity index (χ1) is 7.91. The second-order valence-corrected chi connectivity index (χ2v) is 5.33. The summed E-state index contributed by atoms with van der Waals surface area (Å²) in [5, 5.41) is 13.5. The van der Waals surface area contributed by atoms with Crippen molar-refractivity contribution >= 4 is 0 Å². The number of aromatic nitrogens is 2. The van der Waals surface area contributed by atoms with Crippen LogP contribution in [0.2, 0.25) is 0 Å². The van der Waals surface area contributed by atoms with Gasteiger partial charge in [-0.3, -0.25) is 9.97 Å². The van der Waals surface area contributed by atoms with Crippen LogP contribution >= 0.6 is 0 Å². The first-order valence-electron chi connectivity index (χ1n) is 6.12. The van der Waals surface area contributed by atoms with E-state index in [1.165, 1.54) is 0 Å². The van der Waals surface area contributed by atoms with Crippen LogP contribution < -0.4 is 5.32 Å². The van der Waals surface area contributed by atoms with Crippen molar-refractivity contribution in [2.24, 2.45) is 5.92 Å². The summed E-state index contributed by atoms with van der Waals surface area (Å²) in [6.45, 7) is 8.67. The molecule has 0 saturated carbocycles. The van der Waals surface area contributed by atoms with Crippen LogP contribution in [-0.2, 0) is 0 Å². The minimum Gasteiger partial charge on any atom is -0.389 e. The lowest BCUT2D eigenvalue weighted by molar-refractivity contribution is 0.0362. The third-order valence-corrected chi connectivity index (χ3v) is 2.66. The van der Waals surface area contributed by atoms with E-state index in [4.69, 9.17) is 0 Å². The van der Waals surface area contributed by atoms with Crippen molar-refractivity contribution in [3.8, 4) is 0 Å². The Bertz CT molecular complexity index is 325. The van der Waals surface area contributed by atoms with Gasteiger partial charge in [0.2, 0.25) is 0 Å². The van der Waals surface area contributed by atoms with Gasteiger partial charge in [-0.05, 0) is 26.2 Å². The van der Waals surface area contributed by atoms with Gasteiger partial charge in [-0.15, -0.1) is 0 Å². The van der Waals surface area contributed by atoms with Crippen LogP contribution in [0, 0.1) is 5.92 Å². The molecule has 2 N–H and O–H groups in total. The van der Waals surface area contributed by atoms with Gasteiger partial charge in [0, 0.05) is 31.2 Å². The van der Waals surface area contributed by atoms with Crippen LogP contribution in [-0.4, -0.2) is 27.2 Å². The summed E-state index contributed by atoms with van der Waals surface area (Å²) in [5.41, 5.74) is 0.220. The van der Waals surface area contributed by atoms with E-state index in [0.29, 0.717) is 12.5 Å². The third-order valence-electron chi connectivity index (χ3n) is 2.66. The van der Waals surface area contributed by atoms with E-state index < -0.39 is 5.60 Å². The summed E-state index contributed by atoms with van der Waals surface area (Å²) < 4.78 is 0. The lowest BCUT2D eigenvalue weighted by atomic mass is 9.94. The first kappa shape index (κ1) is 14.1. The topological polar surface area (TPSA) is 58.0 Å². The van der Waals surface area contributed by atoms with Crippen molar-refractivity contribution < 1.29 is 5.11 Å². The number of hydrogen-bond acceptors (Lipinski definition) is 4. The number of hydrogen-bond donors (Lipinski definition) is 2. The van der Waals surface area contributed by atoms with Gasteiger partial charge in [-0.25, -0.2) is 0 Å². The molecule has 2 unspecified atom stereocenters. The van der Waals surface area contributed by atoms with E-state index in [0.717, 1.165) is 12.1 Å². The summed E-state index contributed by atoms with van der Waals surface area (Å²) in [6.07, 6.45) is 5.87. The molecule has 0 spiro atoms.